The molecule has 2 N–H and O–H groups in total. The van der Waals surface area contributed by atoms with E-state index in [1.165, 1.54) is 0 Å². The Balaban J connectivity index is 0.00000280. The van der Waals surface area contributed by atoms with Crippen molar-refractivity contribution >= 4 is 28.3 Å². The third kappa shape index (κ3) is 5.92. The summed E-state index contributed by atoms with van der Waals surface area (Å²) in [7, 11) is -3.39. The molecule has 2 atom stereocenters. The van der Waals surface area contributed by atoms with Crippen LogP contribution in [0.25, 0.3) is 0 Å². The molecule has 2 saturated heterocycles. The first-order chi connectivity index (χ1) is 13.0. The van der Waals surface area contributed by atoms with Gasteiger partial charge in [0.15, 0.2) is 0 Å². The largest absolute Gasteiger partial charge is 0.353 e. The van der Waals surface area contributed by atoms with Crippen molar-refractivity contribution < 1.29 is 13.2 Å². The number of hydrogen-bond donors (Lipinski definition) is 2. The average molecular weight is 430 g/mol. The molecule has 0 spiro atoms. The molecule has 2 aliphatic heterocycles. The summed E-state index contributed by atoms with van der Waals surface area (Å²) in [6, 6.07) is 7.25. The second kappa shape index (κ2) is 10.6. The molecule has 2 heterocycles. The van der Waals surface area contributed by atoms with Gasteiger partial charge in [0.05, 0.1) is 4.90 Å². The summed E-state index contributed by atoms with van der Waals surface area (Å²) in [6.07, 6.45) is 4.98. The first kappa shape index (κ1) is 23.1. The van der Waals surface area contributed by atoms with Gasteiger partial charge in [0.1, 0.15) is 0 Å². The molecular weight excluding hydrogens is 398 g/mol. The molecule has 0 saturated carbocycles. The lowest BCUT2D eigenvalue weighted by Crippen LogP contribution is -2.48. The Kier molecular flexibility index (Phi) is 8.74. The Hall–Kier alpha value is -1.15. The zero-order valence-corrected chi connectivity index (χ0v) is 18.2. The zero-order chi connectivity index (χ0) is 19.3. The van der Waals surface area contributed by atoms with Gasteiger partial charge in [-0.05, 0) is 62.4 Å². The molecule has 3 rings (SSSR count). The fourth-order valence-electron chi connectivity index (χ4n) is 3.85. The van der Waals surface area contributed by atoms with E-state index in [1.807, 2.05) is 12.1 Å². The minimum Gasteiger partial charge on any atom is -0.353 e. The fraction of sp³-hybridized carbons (Fsp3) is 0.650. The van der Waals surface area contributed by atoms with Crippen molar-refractivity contribution in [2.45, 2.75) is 56.4 Å². The van der Waals surface area contributed by atoms with E-state index in [4.69, 9.17) is 0 Å². The van der Waals surface area contributed by atoms with E-state index in [0.717, 1.165) is 44.3 Å². The summed E-state index contributed by atoms with van der Waals surface area (Å²) in [5.41, 5.74) is 0.987. The molecular formula is C20H32ClN3O3S. The Morgan fingerprint density at radius 3 is 2.50 bits per heavy atom. The van der Waals surface area contributed by atoms with Gasteiger partial charge in [0, 0.05) is 25.6 Å². The van der Waals surface area contributed by atoms with Gasteiger partial charge < -0.3 is 10.6 Å². The smallest absolute Gasteiger partial charge is 0.243 e. The third-order valence-corrected chi connectivity index (χ3v) is 7.56. The lowest BCUT2D eigenvalue weighted by Gasteiger charge is -2.30. The van der Waals surface area contributed by atoms with Crippen LogP contribution in [0.2, 0.25) is 0 Å². The minimum absolute atomic E-state index is 0. The summed E-state index contributed by atoms with van der Waals surface area (Å²) in [6.45, 7) is 5.26. The summed E-state index contributed by atoms with van der Waals surface area (Å²) >= 11 is 0. The maximum atomic E-state index is 12.7. The summed E-state index contributed by atoms with van der Waals surface area (Å²) in [5.74, 6) is 0.515. The van der Waals surface area contributed by atoms with E-state index in [2.05, 4.69) is 17.6 Å². The standard InChI is InChI=1S/C20H31N3O3S.ClH/c1-16-15-21-12-11-19(16)22-20(24)10-7-17-5-8-18(9-6-17)27(25,26)23-13-3-2-4-14-23;/h5-6,8-9,16,19,21H,2-4,7,10-15H2,1H3,(H,22,24);1H. The van der Waals surface area contributed by atoms with E-state index in [9.17, 15) is 13.2 Å². The van der Waals surface area contributed by atoms with E-state index < -0.39 is 10.0 Å². The van der Waals surface area contributed by atoms with E-state index in [0.29, 0.717) is 36.7 Å². The van der Waals surface area contributed by atoms with Crippen LogP contribution in [-0.4, -0.2) is 50.9 Å². The molecule has 1 amide bonds. The maximum absolute atomic E-state index is 12.7. The second-order valence-corrected chi connectivity index (χ2v) is 9.69. The number of benzene rings is 1. The first-order valence-corrected chi connectivity index (χ1v) is 11.5. The second-order valence-electron chi connectivity index (χ2n) is 7.75. The fourth-order valence-corrected chi connectivity index (χ4v) is 5.36. The van der Waals surface area contributed by atoms with Gasteiger partial charge in [-0.1, -0.05) is 25.5 Å². The normalized spacial score (nSPS) is 23.6. The van der Waals surface area contributed by atoms with Gasteiger partial charge in [0.25, 0.3) is 0 Å². The number of nitrogens with one attached hydrogen (secondary N) is 2. The van der Waals surface area contributed by atoms with Crippen molar-refractivity contribution in [3.05, 3.63) is 29.8 Å². The van der Waals surface area contributed by atoms with Crippen LogP contribution in [0.1, 0.15) is 44.6 Å². The van der Waals surface area contributed by atoms with Gasteiger partial charge in [-0.3, -0.25) is 4.79 Å². The average Bonchev–Trinajstić information content (AvgIpc) is 2.69. The molecule has 2 fully saturated rings. The van der Waals surface area contributed by atoms with Gasteiger partial charge >= 0.3 is 0 Å². The quantitative estimate of drug-likeness (QED) is 0.727. The van der Waals surface area contributed by atoms with Crippen LogP contribution in [0.3, 0.4) is 0 Å². The molecule has 0 bridgehead atoms. The Morgan fingerprint density at radius 2 is 1.86 bits per heavy atom. The van der Waals surface area contributed by atoms with Crippen LogP contribution in [-0.2, 0) is 21.2 Å². The number of aryl methyl sites for hydroxylation is 1. The number of rotatable bonds is 6. The van der Waals surface area contributed by atoms with Crippen molar-refractivity contribution in [1.29, 1.82) is 0 Å². The first-order valence-electron chi connectivity index (χ1n) is 10.1. The number of piperidine rings is 2. The summed E-state index contributed by atoms with van der Waals surface area (Å²) < 4.78 is 26.9. The monoisotopic (exact) mass is 429 g/mol. The molecule has 1 aromatic carbocycles. The topological polar surface area (TPSA) is 78.5 Å². The lowest BCUT2D eigenvalue weighted by molar-refractivity contribution is -0.122. The van der Waals surface area contributed by atoms with Crippen LogP contribution in [0.5, 0.6) is 0 Å². The summed E-state index contributed by atoms with van der Waals surface area (Å²) in [4.78, 5) is 12.6. The SMILES string of the molecule is CC1CNCCC1NC(=O)CCc1ccc(S(=O)(=O)N2CCCCC2)cc1.Cl. The van der Waals surface area contributed by atoms with E-state index in [-0.39, 0.29) is 24.4 Å². The van der Waals surface area contributed by atoms with E-state index in [1.54, 1.807) is 16.4 Å². The van der Waals surface area contributed by atoms with Gasteiger partial charge in [0.2, 0.25) is 15.9 Å². The highest BCUT2D eigenvalue weighted by atomic mass is 35.5. The number of halogens is 1. The molecule has 28 heavy (non-hydrogen) atoms. The highest BCUT2D eigenvalue weighted by molar-refractivity contribution is 7.89. The van der Waals surface area contributed by atoms with Gasteiger partial charge in [-0.25, -0.2) is 8.42 Å². The number of carbonyl (C=O) groups is 1. The molecule has 1 aromatic rings. The van der Waals surface area contributed by atoms with Gasteiger partial charge in [-0.15, -0.1) is 12.4 Å². The minimum atomic E-state index is -3.39. The molecule has 6 nitrogen and oxygen atoms in total. The van der Waals surface area contributed by atoms with Crippen molar-refractivity contribution in [1.82, 2.24) is 14.9 Å². The van der Waals surface area contributed by atoms with Crippen LogP contribution < -0.4 is 10.6 Å². The zero-order valence-electron chi connectivity index (χ0n) is 16.5. The van der Waals surface area contributed by atoms with Crippen LogP contribution >= 0.6 is 12.4 Å². The predicted octanol–water partition coefficient (Wildman–Crippen LogP) is 2.33. The van der Waals surface area contributed by atoms with Crippen molar-refractivity contribution in [2.75, 3.05) is 26.2 Å². The molecule has 8 heteroatoms. The lowest BCUT2D eigenvalue weighted by atomic mass is 9.95. The number of amides is 1. The van der Waals surface area contributed by atoms with Crippen molar-refractivity contribution in [2.24, 2.45) is 5.92 Å². The van der Waals surface area contributed by atoms with Crippen molar-refractivity contribution in [3.8, 4) is 0 Å². The number of hydrogen-bond acceptors (Lipinski definition) is 4. The van der Waals surface area contributed by atoms with Crippen molar-refractivity contribution in [3.63, 3.8) is 0 Å². The molecule has 158 valence electrons. The molecule has 0 radical (unpaired) electrons. The highest BCUT2D eigenvalue weighted by Crippen LogP contribution is 2.21. The third-order valence-electron chi connectivity index (χ3n) is 5.65. The van der Waals surface area contributed by atoms with Gasteiger partial charge in [-0.2, -0.15) is 4.31 Å². The Labute approximate surface area is 174 Å². The number of carbonyl (C=O) groups excluding carboxylic acids is 1. The number of nitrogens with zero attached hydrogens (tertiary/aromatic N) is 1. The maximum Gasteiger partial charge on any atom is 0.243 e. The van der Waals surface area contributed by atoms with Crippen LogP contribution in [0.4, 0.5) is 0 Å². The molecule has 0 aromatic heterocycles. The molecule has 2 unspecified atom stereocenters. The molecule has 2 aliphatic rings. The van der Waals surface area contributed by atoms with Crippen LogP contribution in [0.15, 0.2) is 29.2 Å². The predicted molar refractivity (Wildman–Crippen MR) is 113 cm³/mol. The van der Waals surface area contributed by atoms with Crippen LogP contribution in [0, 0.1) is 5.92 Å². The Morgan fingerprint density at radius 1 is 1.18 bits per heavy atom. The Bertz CT molecular complexity index is 734. The molecule has 0 aliphatic carbocycles. The number of sulfonamides is 1. The highest BCUT2D eigenvalue weighted by Gasteiger charge is 2.26. The summed E-state index contributed by atoms with van der Waals surface area (Å²) in [5, 5.41) is 6.47. The van der Waals surface area contributed by atoms with E-state index >= 15 is 0 Å².